The van der Waals surface area contributed by atoms with E-state index in [1.54, 1.807) is 49.5 Å². The number of ketones is 1. The van der Waals surface area contributed by atoms with Crippen molar-refractivity contribution in [2.75, 3.05) is 0 Å². The van der Waals surface area contributed by atoms with Crippen LogP contribution in [-0.2, 0) is 0 Å². The summed E-state index contributed by atoms with van der Waals surface area (Å²) in [5.74, 6) is -0.278. The molecule has 2 heterocycles. The fourth-order valence-corrected chi connectivity index (χ4v) is 2.04. The predicted octanol–water partition coefficient (Wildman–Crippen LogP) is 1.80. The van der Waals surface area contributed by atoms with E-state index < -0.39 is 0 Å². The van der Waals surface area contributed by atoms with Crippen LogP contribution in [0.3, 0.4) is 0 Å². The summed E-state index contributed by atoms with van der Waals surface area (Å²) in [7, 11) is 0. The molecule has 0 amide bonds. The van der Waals surface area contributed by atoms with Gasteiger partial charge in [0.15, 0.2) is 5.69 Å². The number of carbonyl (C=O) groups is 1. The van der Waals surface area contributed by atoms with Crippen LogP contribution in [0.4, 0.5) is 0 Å². The van der Waals surface area contributed by atoms with Gasteiger partial charge in [-0.3, -0.25) is 4.79 Å². The smallest absolute Gasteiger partial charge is 0.261 e. The van der Waals surface area contributed by atoms with Crippen LogP contribution in [0.2, 0.25) is 0 Å². The van der Waals surface area contributed by atoms with E-state index in [9.17, 15) is 10.0 Å². The predicted molar refractivity (Wildman–Crippen MR) is 73.1 cm³/mol. The highest BCUT2D eigenvalue weighted by molar-refractivity contribution is 6.08. The number of hydrogen-bond donors (Lipinski definition) is 0. The number of aromatic nitrogens is 3. The molecule has 0 N–H and O–H groups in total. The Morgan fingerprint density at radius 3 is 2.65 bits per heavy atom. The molecular weight excluding hydrogens is 254 g/mol. The van der Waals surface area contributed by atoms with E-state index in [2.05, 4.69) is 9.97 Å². The van der Waals surface area contributed by atoms with E-state index >= 15 is 0 Å². The van der Waals surface area contributed by atoms with E-state index in [4.69, 9.17) is 0 Å². The average molecular weight is 265 g/mol. The quantitative estimate of drug-likeness (QED) is 0.402. The maximum absolute atomic E-state index is 12.4. The Labute approximate surface area is 115 Å². The molecule has 0 aliphatic carbocycles. The minimum Gasteiger partial charge on any atom is -0.618 e. The molecular formula is C15H11N3O2. The molecule has 0 atom stereocenters. The Morgan fingerprint density at radius 1 is 1.15 bits per heavy atom. The molecule has 98 valence electrons. The first-order valence-corrected chi connectivity index (χ1v) is 6.13. The van der Waals surface area contributed by atoms with Crippen molar-refractivity contribution in [2.45, 2.75) is 6.92 Å². The molecule has 5 nitrogen and oxygen atoms in total. The topological polar surface area (TPSA) is 69.8 Å². The Bertz CT molecular complexity index is 801. The number of pyridine rings is 1. The van der Waals surface area contributed by atoms with Gasteiger partial charge >= 0.3 is 0 Å². The molecule has 0 unspecified atom stereocenters. The number of rotatable bonds is 2. The van der Waals surface area contributed by atoms with Gasteiger partial charge in [-0.1, -0.05) is 30.3 Å². The van der Waals surface area contributed by atoms with Crippen molar-refractivity contribution in [2.24, 2.45) is 0 Å². The summed E-state index contributed by atoms with van der Waals surface area (Å²) in [6.07, 6.45) is 1.54. The molecule has 3 rings (SSSR count). The zero-order valence-corrected chi connectivity index (χ0v) is 10.8. The summed E-state index contributed by atoms with van der Waals surface area (Å²) in [6.45, 7) is 1.59. The maximum Gasteiger partial charge on any atom is 0.261 e. The molecule has 0 radical (unpaired) electrons. The number of fused-ring (bicyclic) bond motifs is 1. The van der Waals surface area contributed by atoms with Gasteiger partial charge in [0.2, 0.25) is 17.1 Å². The number of nitrogens with zero attached hydrogens (tertiary/aromatic N) is 3. The second-order valence-corrected chi connectivity index (χ2v) is 4.38. The van der Waals surface area contributed by atoms with Gasteiger partial charge in [0.1, 0.15) is 0 Å². The molecule has 2 aromatic heterocycles. The molecule has 1 aromatic carbocycles. The fourth-order valence-electron chi connectivity index (χ4n) is 2.04. The van der Waals surface area contributed by atoms with E-state index in [1.807, 2.05) is 6.07 Å². The first kappa shape index (κ1) is 12.2. The van der Waals surface area contributed by atoms with Gasteiger partial charge in [0.05, 0.1) is 0 Å². The van der Waals surface area contributed by atoms with Crippen LogP contribution in [0.5, 0.6) is 0 Å². The van der Waals surface area contributed by atoms with Crippen LogP contribution >= 0.6 is 0 Å². The normalized spacial score (nSPS) is 10.7. The highest BCUT2D eigenvalue weighted by Gasteiger charge is 2.22. The van der Waals surface area contributed by atoms with Crippen LogP contribution in [0.1, 0.15) is 21.7 Å². The Kier molecular flexibility index (Phi) is 2.87. The van der Waals surface area contributed by atoms with Gasteiger partial charge in [-0.05, 0) is 6.07 Å². The van der Waals surface area contributed by atoms with Crippen LogP contribution in [0.25, 0.3) is 11.2 Å². The molecule has 0 bridgehead atoms. The Hall–Kier alpha value is -2.82. The molecule has 5 heteroatoms. The van der Waals surface area contributed by atoms with Crippen molar-refractivity contribution in [1.82, 2.24) is 9.97 Å². The lowest BCUT2D eigenvalue weighted by molar-refractivity contribution is -0.584. The van der Waals surface area contributed by atoms with Crippen molar-refractivity contribution in [1.29, 1.82) is 0 Å². The molecule has 0 saturated heterocycles. The van der Waals surface area contributed by atoms with Gasteiger partial charge in [-0.2, -0.15) is 4.73 Å². The minimum atomic E-state index is -0.278. The van der Waals surface area contributed by atoms with Gasteiger partial charge in [0.25, 0.3) is 5.52 Å². The number of hydrogen-bond acceptors (Lipinski definition) is 4. The highest BCUT2D eigenvalue weighted by atomic mass is 16.5. The third-order valence-corrected chi connectivity index (χ3v) is 3.10. The van der Waals surface area contributed by atoms with Gasteiger partial charge in [0, 0.05) is 24.8 Å². The molecule has 3 aromatic rings. The number of carbonyl (C=O) groups excluding carboxylic acids is 1. The molecule has 0 aliphatic rings. The van der Waals surface area contributed by atoms with Crippen LogP contribution in [0, 0.1) is 12.1 Å². The third-order valence-electron chi connectivity index (χ3n) is 3.10. The summed E-state index contributed by atoms with van der Waals surface area (Å²) in [5.41, 5.74) is 1.54. The number of benzene rings is 1. The maximum atomic E-state index is 12.4. The minimum absolute atomic E-state index is 0.136. The first-order chi connectivity index (χ1) is 9.68. The standard InChI is InChI=1S/C15H11N3O2/c1-10-13(14(19)11-6-3-2-4-7-11)17-15-12(18(10)20)8-5-9-16-15/h2-9H,1H3. The lowest BCUT2D eigenvalue weighted by Gasteiger charge is -2.07. The van der Waals surface area contributed by atoms with E-state index in [0.29, 0.717) is 15.8 Å². The van der Waals surface area contributed by atoms with Crippen LogP contribution < -0.4 is 4.73 Å². The highest BCUT2D eigenvalue weighted by Crippen LogP contribution is 2.12. The van der Waals surface area contributed by atoms with Crippen LogP contribution in [0.15, 0.2) is 48.7 Å². The molecule has 0 fully saturated rings. The molecule has 0 saturated carbocycles. The van der Waals surface area contributed by atoms with Crippen molar-refractivity contribution < 1.29 is 9.52 Å². The molecule has 20 heavy (non-hydrogen) atoms. The molecule has 0 spiro atoms. The van der Waals surface area contributed by atoms with Crippen molar-refractivity contribution in [3.05, 3.63) is 70.8 Å². The second kappa shape index (κ2) is 4.70. The zero-order chi connectivity index (χ0) is 14.1. The van der Waals surface area contributed by atoms with E-state index in [0.717, 1.165) is 0 Å². The van der Waals surface area contributed by atoms with Crippen molar-refractivity contribution >= 4 is 16.9 Å². The summed E-state index contributed by atoms with van der Waals surface area (Å²) in [5, 5.41) is 12.2. The van der Waals surface area contributed by atoms with E-state index in [1.165, 1.54) is 0 Å². The summed E-state index contributed by atoms with van der Waals surface area (Å²) in [4.78, 5) is 20.7. The van der Waals surface area contributed by atoms with Gasteiger partial charge in [-0.15, -0.1) is 0 Å². The summed E-state index contributed by atoms with van der Waals surface area (Å²) in [6, 6.07) is 12.1. The second-order valence-electron chi connectivity index (χ2n) is 4.38. The monoisotopic (exact) mass is 265 g/mol. The molecule has 0 aliphatic heterocycles. The van der Waals surface area contributed by atoms with Crippen molar-refractivity contribution in [3.8, 4) is 0 Å². The third kappa shape index (κ3) is 1.89. The van der Waals surface area contributed by atoms with Gasteiger partial charge in [-0.25, -0.2) is 9.97 Å². The van der Waals surface area contributed by atoms with Gasteiger partial charge < -0.3 is 5.21 Å². The Morgan fingerprint density at radius 2 is 1.90 bits per heavy atom. The fraction of sp³-hybridized carbons (Fsp3) is 0.0667. The largest absolute Gasteiger partial charge is 0.618 e. The van der Waals surface area contributed by atoms with Crippen molar-refractivity contribution in [3.63, 3.8) is 0 Å². The van der Waals surface area contributed by atoms with E-state index in [-0.39, 0.29) is 22.8 Å². The lowest BCUT2D eigenvalue weighted by atomic mass is 10.1. The Balaban J connectivity index is 2.22. The first-order valence-electron chi connectivity index (χ1n) is 6.13. The average Bonchev–Trinajstić information content (AvgIpc) is 2.51. The summed E-state index contributed by atoms with van der Waals surface area (Å²) >= 11 is 0. The van der Waals surface area contributed by atoms with Crippen LogP contribution in [-0.4, -0.2) is 15.8 Å². The zero-order valence-electron chi connectivity index (χ0n) is 10.8. The summed E-state index contributed by atoms with van der Waals surface area (Å²) < 4.78 is 0.700. The lowest BCUT2D eigenvalue weighted by Crippen LogP contribution is -2.34. The SMILES string of the molecule is Cc1c(C(=O)c2ccccc2)nc2ncccc2[n+]1[O-].